The van der Waals surface area contributed by atoms with E-state index in [1.165, 1.54) is 7.05 Å². The molecule has 0 atom stereocenters. The van der Waals surface area contributed by atoms with Crippen LogP contribution in [0.4, 0.5) is 32.0 Å². The zero-order valence-corrected chi connectivity index (χ0v) is 14.0. The average molecular weight is 391 g/mol. The van der Waals surface area contributed by atoms with Crippen molar-refractivity contribution in [1.29, 1.82) is 0 Å². The molecule has 0 aliphatic carbocycles. The maximum Gasteiger partial charge on any atom is 0.430 e. The molecule has 27 heavy (non-hydrogen) atoms. The topological polar surface area (TPSA) is 40.5 Å². The lowest BCUT2D eigenvalue weighted by Gasteiger charge is -2.32. The summed E-state index contributed by atoms with van der Waals surface area (Å²) in [6.07, 6.45) is -11.9. The van der Waals surface area contributed by atoms with Crippen LogP contribution in [0.25, 0.3) is 0 Å². The third kappa shape index (κ3) is 4.08. The van der Waals surface area contributed by atoms with Gasteiger partial charge in [0.2, 0.25) is 5.91 Å². The molecule has 0 fully saturated rings. The van der Waals surface area contributed by atoms with Crippen LogP contribution in [-0.4, -0.2) is 30.4 Å². The molecule has 1 amide bonds. The summed E-state index contributed by atoms with van der Waals surface area (Å²) in [6, 6.07) is 11.5. The first kappa shape index (κ1) is 20.8. The van der Waals surface area contributed by atoms with Gasteiger partial charge < -0.3 is 10.0 Å². The highest BCUT2D eigenvalue weighted by atomic mass is 19.4. The Bertz CT molecular complexity index is 770. The van der Waals surface area contributed by atoms with E-state index in [0.29, 0.717) is 17.7 Å². The van der Waals surface area contributed by atoms with Crippen molar-refractivity contribution in [3.8, 4) is 0 Å². The Morgan fingerprint density at radius 3 is 1.81 bits per heavy atom. The third-order valence-electron chi connectivity index (χ3n) is 4.07. The second-order valence-electron chi connectivity index (χ2n) is 5.87. The number of carbonyl (C=O) groups is 1. The highest BCUT2D eigenvalue weighted by Crippen LogP contribution is 2.50. The molecule has 0 spiro atoms. The summed E-state index contributed by atoms with van der Waals surface area (Å²) in [5.74, 6) is -0.407. The molecule has 0 unspecified atom stereocenters. The number of amides is 1. The quantitative estimate of drug-likeness (QED) is 0.794. The summed E-state index contributed by atoms with van der Waals surface area (Å²) >= 11 is 0. The van der Waals surface area contributed by atoms with E-state index in [-0.39, 0.29) is 12.1 Å². The molecule has 1 N–H and O–H groups in total. The second-order valence-corrected chi connectivity index (χ2v) is 5.87. The van der Waals surface area contributed by atoms with Crippen LogP contribution in [0.3, 0.4) is 0 Å². The van der Waals surface area contributed by atoms with Crippen molar-refractivity contribution in [3.05, 3.63) is 65.7 Å². The monoisotopic (exact) mass is 391 g/mol. The minimum atomic E-state index is -5.96. The smallest absolute Gasteiger partial charge is 0.369 e. The van der Waals surface area contributed by atoms with Gasteiger partial charge in [0.25, 0.3) is 5.60 Å². The first-order valence-electron chi connectivity index (χ1n) is 7.65. The molecule has 0 saturated carbocycles. The SMILES string of the molecule is CN(C(=O)Cc1ccccc1)c1ccc(C(O)(C(F)(F)F)C(F)(F)F)cc1. The van der Waals surface area contributed by atoms with Crippen LogP contribution >= 0.6 is 0 Å². The number of benzene rings is 2. The predicted molar refractivity (Wildman–Crippen MR) is 86.0 cm³/mol. The Balaban J connectivity index is 2.27. The molecule has 0 saturated heterocycles. The molecule has 0 bridgehead atoms. The molecule has 2 aromatic carbocycles. The van der Waals surface area contributed by atoms with E-state index in [1.54, 1.807) is 30.3 Å². The third-order valence-corrected chi connectivity index (χ3v) is 4.07. The predicted octanol–water partition coefficient (Wildman–Crippen LogP) is 4.20. The van der Waals surface area contributed by atoms with Crippen molar-refractivity contribution in [3.63, 3.8) is 0 Å². The number of anilines is 1. The summed E-state index contributed by atoms with van der Waals surface area (Å²) in [5, 5.41) is 9.36. The minimum Gasteiger partial charge on any atom is -0.369 e. The van der Waals surface area contributed by atoms with Gasteiger partial charge in [0.05, 0.1) is 6.42 Å². The summed E-state index contributed by atoms with van der Waals surface area (Å²) in [6.45, 7) is 0. The Labute approximate surface area is 150 Å². The fourth-order valence-corrected chi connectivity index (χ4v) is 2.45. The first-order valence-corrected chi connectivity index (χ1v) is 7.65. The fraction of sp³-hybridized carbons (Fsp3) is 0.278. The standard InChI is InChI=1S/C18H15F6NO2/c1-25(15(26)11-12-5-3-2-4-6-12)14-9-7-13(8-10-14)16(27,17(19,20)21)18(22,23)24/h2-10,27H,11H2,1H3. The molecule has 0 aromatic heterocycles. The molecule has 3 nitrogen and oxygen atoms in total. The summed E-state index contributed by atoms with van der Waals surface area (Å²) in [5.41, 5.74) is -5.58. The van der Waals surface area contributed by atoms with Crippen molar-refractivity contribution in [2.75, 3.05) is 11.9 Å². The lowest BCUT2D eigenvalue weighted by Crippen LogP contribution is -2.53. The van der Waals surface area contributed by atoms with Gasteiger partial charge in [-0.25, -0.2) is 0 Å². The van der Waals surface area contributed by atoms with E-state index in [0.717, 1.165) is 17.0 Å². The number of aliphatic hydroxyl groups is 1. The van der Waals surface area contributed by atoms with Gasteiger partial charge >= 0.3 is 12.4 Å². The lowest BCUT2D eigenvalue weighted by atomic mass is 9.92. The number of likely N-dealkylation sites (N-methyl/N-ethyl adjacent to an activating group) is 1. The van der Waals surface area contributed by atoms with Gasteiger partial charge in [-0.3, -0.25) is 4.79 Å². The Morgan fingerprint density at radius 1 is 0.889 bits per heavy atom. The molecule has 0 aliphatic heterocycles. The van der Waals surface area contributed by atoms with Crippen LogP contribution in [-0.2, 0) is 16.8 Å². The van der Waals surface area contributed by atoms with E-state index in [9.17, 15) is 36.2 Å². The maximum absolute atomic E-state index is 12.9. The van der Waals surface area contributed by atoms with Crippen LogP contribution in [0.2, 0.25) is 0 Å². The molecule has 2 rings (SSSR count). The van der Waals surface area contributed by atoms with E-state index in [1.807, 2.05) is 0 Å². The number of carbonyl (C=O) groups excluding carboxylic acids is 1. The van der Waals surface area contributed by atoms with Crippen molar-refractivity contribution < 1.29 is 36.2 Å². The largest absolute Gasteiger partial charge is 0.430 e. The molecule has 9 heteroatoms. The normalized spacial score (nSPS) is 12.7. The summed E-state index contributed by atoms with van der Waals surface area (Å²) in [4.78, 5) is 13.3. The van der Waals surface area contributed by atoms with Gasteiger partial charge in [-0.2, -0.15) is 26.3 Å². The highest BCUT2D eigenvalue weighted by Gasteiger charge is 2.71. The molecule has 0 aliphatic rings. The minimum absolute atomic E-state index is 0.00807. The molecular formula is C18H15F6NO2. The van der Waals surface area contributed by atoms with Crippen LogP contribution in [0.5, 0.6) is 0 Å². The van der Waals surface area contributed by atoms with Crippen LogP contribution < -0.4 is 4.90 Å². The molecule has 0 heterocycles. The van der Waals surface area contributed by atoms with Gasteiger partial charge in [0.15, 0.2) is 0 Å². The van der Waals surface area contributed by atoms with Crippen LogP contribution in [0.15, 0.2) is 54.6 Å². The van der Waals surface area contributed by atoms with E-state index in [4.69, 9.17) is 0 Å². The zero-order chi connectivity index (χ0) is 20.5. The second kappa shape index (κ2) is 7.22. The van der Waals surface area contributed by atoms with E-state index >= 15 is 0 Å². The van der Waals surface area contributed by atoms with Crippen molar-refractivity contribution in [1.82, 2.24) is 0 Å². The number of halogens is 6. The van der Waals surface area contributed by atoms with E-state index < -0.39 is 29.4 Å². The lowest BCUT2D eigenvalue weighted by molar-refractivity contribution is -0.376. The summed E-state index contributed by atoms with van der Waals surface area (Å²) < 4.78 is 77.3. The fourth-order valence-electron chi connectivity index (χ4n) is 2.45. The maximum atomic E-state index is 12.9. The Kier molecular flexibility index (Phi) is 5.55. The molecule has 146 valence electrons. The Morgan fingerprint density at radius 2 is 1.37 bits per heavy atom. The number of alkyl halides is 6. The number of hydrogen-bond donors (Lipinski definition) is 1. The van der Waals surface area contributed by atoms with Crippen molar-refractivity contribution in [2.45, 2.75) is 24.4 Å². The van der Waals surface area contributed by atoms with E-state index in [2.05, 4.69) is 0 Å². The number of nitrogens with zero attached hydrogens (tertiary/aromatic N) is 1. The number of hydrogen-bond acceptors (Lipinski definition) is 2. The van der Waals surface area contributed by atoms with Gasteiger partial charge in [0, 0.05) is 18.3 Å². The highest BCUT2D eigenvalue weighted by molar-refractivity contribution is 5.94. The van der Waals surface area contributed by atoms with Crippen molar-refractivity contribution in [2.24, 2.45) is 0 Å². The molecule has 2 aromatic rings. The summed E-state index contributed by atoms with van der Waals surface area (Å²) in [7, 11) is 1.35. The number of rotatable bonds is 4. The van der Waals surface area contributed by atoms with Crippen LogP contribution in [0, 0.1) is 0 Å². The molecular weight excluding hydrogens is 376 g/mol. The van der Waals surface area contributed by atoms with Crippen LogP contribution in [0.1, 0.15) is 11.1 Å². The van der Waals surface area contributed by atoms with Gasteiger partial charge in [-0.1, -0.05) is 42.5 Å². The van der Waals surface area contributed by atoms with Gasteiger partial charge in [-0.05, 0) is 17.7 Å². The zero-order valence-electron chi connectivity index (χ0n) is 14.0. The first-order chi connectivity index (χ1) is 12.4. The van der Waals surface area contributed by atoms with Crippen molar-refractivity contribution >= 4 is 11.6 Å². The van der Waals surface area contributed by atoms with Gasteiger partial charge in [0.1, 0.15) is 0 Å². The Hall–Kier alpha value is -2.55. The molecule has 0 radical (unpaired) electrons. The average Bonchev–Trinajstić information content (AvgIpc) is 2.59. The van der Waals surface area contributed by atoms with Gasteiger partial charge in [-0.15, -0.1) is 0 Å².